The van der Waals surface area contributed by atoms with Crippen LogP contribution in [0.4, 0.5) is 5.69 Å². The third-order valence-electron chi connectivity index (χ3n) is 5.06. The van der Waals surface area contributed by atoms with E-state index in [0.29, 0.717) is 48.6 Å². The number of sulfonamides is 1. The first kappa shape index (κ1) is 22.2. The third kappa shape index (κ3) is 4.82. The lowest BCUT2D eigenvalue weighted by Gasteiger charge is -2.35. The number of ether oxygens (including phenoxy) is 1. The quantitative estimate of drug-likeness (QED) is 0.619. The summed E-state index contributed by atoms with van der Waals surface area (Å²) in [4.78, 5) is 2.28. The third-order valence-corrected chi connectivity index (χ3v) is 7.80. The molecule has 2 aromatic carbocycles. The molecule has 0 aromatic heterocycles. The van der Waals surface area contributed by atoms with Crippen molar-refractivity contribution in [3.63, 3.8) is 0 Å². The van der Waals surface area contributed by atoms with Gasteiger partial charge in [-0.25, -0.2) is 8.42 Å². The molecule has 1 heterocycles. The number of halogens is 2. The zero-order valence-electron chi connectivity index (χ0n) is 16.9. The van der Waals surface area contributed by atoms with Gasteiger partial charge in [-0.1, -0.05) is 36.2 Å². The van der Waals surface area contributed by atoms with Gasteiger partial charge in [0.05, 0.1) is 6.61 Å². The maximum absolute atomic E-state index is 13.3. The van der Waals surface area contributed by atoms with E-state index in [1.807, 2.05) is 39.0 Å². The SMILES string of the molecule is CCCOc1cc(C)c(Cl)cc1S(=O)(=O)N1CCN(c2ccc(C)c(Cl)c2)CC1. The van der Waals surface area contributed by atoms with Crippen LogP contribution in [0.2, 0.25) is 10.0 Å². The Morgan fingerprint density at radius 1 is 0.966 bits per heavy atom. The van der Waals surface area contributed by atoms with E-state index in [2.05, 4.69) is 4.90 Å². The fourth-order valence-electron chi connectivity index (χ4n) is 3.27. The number of hydrogen-bond acceptors (Lipinski definition) is 4. The van der Waals surface area contributed by atoms with Crippen molar-refractivity contribution < 1.29 is 13.2 Å². The summed E-state index contributed by atoms with van der Waals surface area (Å²) in [6, 6.07) is 9.13. The Hall–Kier alpha value is -1.47. The number of nitrogens with zero attached hydrogens (tertiary/aromatic N) is 2. The number of benzene rings is 2. The molecule has 29 heavy (non-hydrogen) atoms. The first-order chi connectivity index (χ1) is 13.7. The molecule has 1 saturated heterocycles. The predicted octanol–water partition coefficient (Wildman–Crippen LogP) is 4.91. The van der Waals surface area contributed by atoms with Gasteiger partial charge in [-0.3, -0.25) is 0 Å². The molecule has 0 amide bonds. The zero-order chi connectivity index (χ0) is 21.2. The van der Waals surface area contributed by atoms with Crippen LogP contribution in [0.3, 0.4) is 0 Å². The van der Waals surface area contributed by atoms with Gasteiger partial charge in [-0.05, 0) is 55.7 Å². The second-order valence-electron chi connectivity index (χ2n) is 7.22. The molecule has 0 aliphatic carbocycles. The molecule has 0 spiro atoms. The highest BCUT2D eigenvalue weighted by molar-refractivity contribution is 7.89. The fourth-order valence-corrected chi connectivity index (χ4v) is 5.23. The van der Waals surface area contributed by atoms with Crippen LogP contribution in [0.1, 0.15) is 24.5 Å². The van der Waals surface area contributed by atoms with E-state index < -0.39 is 10.0 Å². The molecule has 1 fully saturated rings. The molecule has 5 nitrogen and oxygen atoms in total. The van der Waals surface area contributed by atoms with Crippen LogP contribution in [0.25, 0.3) is 0 Å². The standard InChI is InChI=1S/C21H26Cl2N2O3S/c1-4-11-28-20-12-16(3)19(23)14-21(20)29(26,27)25-9-7-24(8-10-25)17-6-5-15(2)18(22)13-17/h5-6,12-14H,4,7-11H2,1-3H3. The number of aryl methyl sites for hydroxylation is 2. The molecule has 0 bridgehead atoms. The van der Waals surface area contributed by atoms with Gasteiger partial charge >= 0.3 is 0 Å². The van der Waals surface area contributed by atoms with E-state index in [9.17, 15) is 8.42 Å². The molecule has 0 radical (unpaired) electrons. The molecule has 1 aliphatic heterocycles. The van der Waals surface area contributed by atoms with Gasteiger partial charge in [-0.15, -0.1) is 0 Å². The number of rotatable bonds is 6. The lowest BCUT2D eigenvalue weighted by Crippen LogP contribution is -2.48. The van der Waals surface area contributed by atoms with Crippen LogP contribution in [0.15, 0.2) is 35.2 Å². The average Bonchev–Trinajstić information content (AvgIpc) is 2.70. The lowest BCUT2D eigenvalue weighted by molar-refractivity contribution is 0.306. The van der Waals surface area contributed by atoms with Gasteiger partial charge in [0.1, 0.15) is 10.6 Å². The van der Waals surface area contributed by atoms with Crippen LogP contribution >= 0.6 is 23.2 Å². The molecule has 2 aromatic rings. The summed E-state index contributed by atoms with van der Waals surface area (Å²) < 4.78 is 33.9. The van der Waals surface area contributed by atoms with Gasteiger partial charge < -0.3 is 9.64 Å². The Morgan fingerprint density at radius 3 is 2.24 bits per heavy atom. The van der Waals surface area contributed by atoms with E-state index in [0.717, 1.165) is 23.2 Å². The maximum atomic E-state index is 13.3. The van der Waals surface area contributed by atoms with E-state index >= 15 is 0 Å². The summed E-state index contributed by atoms with van der Waals surface area (Å²) in [5.41, 5.74) is 2.81. The van der Waals surface area contributed by atoms with Crippen molar-refractivity contribution in [3.05, 3.63) is 51.5 Å². The summed E-state index contributed by atoms with van der Waals surface area (Å²) >= 11 is 12.5. The Labute approximate surface area is 183 Å². The molecule has 0 unspecified atom stereocenters. The molecule has 1 aliphatic rings. The van der Waals surface area contributed by atoms with Crippen molar-refractivity contribution in [2.45, 2.75) is 32.1 Å². The molecule has 0 saturated carbocycles. The summed E-state index contributed by atoms with van der Waals surface area (Å²) in [5, 5.41) is 1.13. The Bertz CT molecular complexity index is 988. The Morgan fingerprint density at radius 2 is 1.62 bits per heavy atom. The van der Waals surface area contributed by atoms with Gasteiger partial charge in [0, 0.05) is 41.9 Å². The highest BCUT2D eigenvalue weighted by atomic mass is 35.5. The van der Waals surface area contributed by atoms with Crippen LogP contribution in [-0.2, 0) is 10.0 Å². The summed E-state index contributed by atoms with van der Waals surface area (Å²) in [6.45, 7) is 8.16. The van der Waals surface area contributed by atoms with Gasteiger partial charge in [-0.2, -0.15) is 4.31 Å². The maximum Gasteiger partial charge on any atom is 0.246 e. The monoisotopic (exact) mass is 456 g/mol. The second kappa shape index (κ2) is 9.13. The van der Waals surface area contributed by atoms with Crippen LogP contribution in [0.5, 0.6) is 5.75 Å². The van der Waals surface area contributed by atoms with Crippen molar-refractivity contribution in [2.75, 3.05) is 37.7 Å². The van der Waals surface area contributed by atoms with E-state index in [1.165, 1.54) is 10.4 Å². The fraction of sp³-hybridized carbons (Fsp3) is 0.429. The van der Waals surface area contributed by atoms with Crippen LogP contribution < -0.4 is 9.64 Å². The van der Waals surface area contributed by atoms with Gasteiger partial charge in [0.25, 0.3) is 0 Å². The van der Waals surface area contributed by atoms with Crippen molar-refractivity contribution in [2.24, 2.45) is 0 Å². The number of anilines is 1. The minimum absolute atomic E-state index is 0.133. The first-order valence-electron chi connectivity index (χ1n) is 9.68. The minimum Gasteiger partial charge on any atom is -0.492 e. The highest BCUT2D eigenvalue weighted by Crippen LogP contribution is 2.33. The number of piperazine rings is 1. The Kier molecular flexibility index (Phi) is 6.99. The van der Waals surface area contributed by atoms with Crippen molar-refractivity contribution in [1.82, 2.24) is 4.31 Å². The van der Waals surface area contributed by atoms with Crippen molar-refractivity contribution in [3.8, 4) is 5.75 Å². The van der Waals surface area contributed by atoms with Crippen molar-refractivity contribution in [1.29, 1.82) is 0 Å². The molecular weight excluding hydrogens is 431 g/mol. The highest BCUT2D eigenvalue weighted by Gasteiger charge is 2.31. The summed E-state index contributed by atoms with van der Waals surface area (Å²) in [7, 11) is -3.71. The van der Waals surface area contributed by atoms with Gasteiger partial charge in [0.2, 0.25) is 10.0 Å². The summed E-state index contributed by atoms with van der Waals surface area (Å²) in [5.74, 6) is 0.362. The van der Waals surface area contributed by atoms with Crippen molar-refractivity contribution >= 4 is 38.9 Å². The Balaban J connectivity index is 1.81. The average molecular weight is 457 g/mol. The van der Waals surface area contributed by atoms with Gasteiger partial charge in [0.15, 0.2) is 0 Å². The minimum atomic E-state index is -3.71. The smallest absolute Gasteiger partial charge is 0.246 e. The van der Waals surface area contributed by atoms with E-state index in [1.54, 1.807) is 6.07 Å². The normalized spacial score (nSPS) is 15.6. The molecule has 3 rings (SSSR count). The second-order valence-corrected chi connectivity index (χ2v) is 9.94. The van der Waals surface area contributed by atoms with Crippen LogP contribution in [-0.4, -0.2) is 45.5 Å². The summed E-state index contributed by atoms with van der Waals surface area (Å²) in [6.07, 6.45) is 0.791. The van der Waals surface area contributed by atoms with E-state index in [-0.39, 0.29) is 4.90 Å². The van der Waals surface area contributed by atoms with Crippen LogP contribution in [0, 0.1) is 13.8 Å². The zero-order valence-corrected chi connectivity index (χ0v) is 19.2. The predicted molar refractivity (Wildman–Crippen MR) is 119 cm³/mol. The lowest BCUT2D eigenvalue weighted by atomic mass is 10.2. The topological polar surface area (TPSA) is 49.9 Å². The molecule has 8 heteroatoms. The first-order valence-corrected chi connectivity index (χ1v) is 11.9. The molecule has 158 valence electrons. The molecule has 0 atom stereocenters. The van der Waals surface area contributed by atoms with E-state index in [4.69, 9.17) is 27.9 Å². The number of hydrogen-bond donors (Lipinski definition) is 0. The largest absolute Gasteiger partial charge is 0.492 e. The molecular formula is C21H26Cl2N2O3S. The molecule has 0 N–H and O–H groups in total.